The number of hydrogen-bond donors (Lipinski definition) is 2. The van der Waals surface area contributed by atoms with Gasteiger partial charge in [-0.05, 0) is 70.1 Å². The van der Waals surface area contributed by atoms with Crippen molar-refractivity contribution in [2.24, 2.45) is 10.2 Å². The van der Waals surface area contributed by atoms with E-state index >= 15 is 0 Å². The lowest BCUT2D eigenvalue weighted by Crippen LogP contribution is -2.02. The van der Waals surface area contributed by atoms with Gasteiger partial charge in [-0.25, -0.2) is 8.42 Å². The Hall–Kier alpha value is -5.27. The fourth-order valence-corrected chi connectivity index (χ4v) is 5.89. The minimum absolute atomic E-state index is 0.204. The van der Waals surface area contributed by atoms with E-state index < -0.39 is 9.84 Å². The van der Waals surface area contributed by atoms with Gasteiger partial charge in [0.2, 0.25) is 9.84 Å². The number of nitrogens with one attached hydrogen (secondary N) is 2. The molecule has 0 amide bonds. The van der Waals surface area contributed by atoms with Gasteiger partial charge < -0.3 is 0 Å². The van der Waals surface area contributed by atoms with E-state index in [9.17, 15) is 8.42 Å². The molecule has 0 aliphatic heterocycles. The van der Waals surface area contributed by atoms with Gasteiger partial charge in [0.1, 0.15) is 0 Å². The predicted molar refractivity (Wildman–Crippen MR) is 169 cm³/mol. The van der Waals surface area contributed by atoms with E-state index in [4.69, 9.17) is 0 Å². The molecular formula is C34H26N4O2S. The smallest absolute Gasteiger partial charge is 0.206 e. The largest absolute Gasteiger partial charge is 0.279 e. The van der Waals surface area contributed by atoms with Gasteiger partial charge >= 0.3 is 0 Å². The van der Waals surface area contributed by atoms with Crippen LogP contribution in [0.15, 0.2) is 153 Å². The molecule has 0 atom stereocenters. The maximum Gasteiger partial charge on any atom is 0.206 e. The number of nitrogens with zero attached hydrogens (tertiary/aromatic N) is 2. The van der Waals surface area contributed by atoms with Crippen molar-refractivity contribution in [2.45, 2.75) is 9.79 Å². The molecular weight excluding hydrogens is 528 g/mol. The summed E-state index contributed by atoms with van der Waals surface area (Å²) in [6, 6.07) is 41.4. The molecule has 0 aromatic heterocycles. The second kappa shape index (κ2) is 11.5. The first-order chi connectivity index (χ1) is 20.1. The van der Waals surface area contributed by atoms with Crippen LogP contribution < -0.4 is 10.9 Å². The summed E-state index contributed by atoms with van der Waals surface area (Å²) in [6.45, 7) is 0. The Morgan fingerprint density at radius 2 is 0.854 bits per heavy atom. The lowest BCUT2D eigenvalue weighted by atomic mass is 10.1. The number of hydrazone groups is 2. The molecule has 0 bridgehead atoms. The van der Waals surface area contributed by atoms with Gasteiger partial charge in [-0.15, -0.1) is 0 Å². The van der Waals surface area contributed by atoms with Crippen LogP contribution in [0.3, 0.4) is 0 Å². The summed E-state index contributed by atoms with van der Waals surface area (Å²) in [6.07, 6.45) is 3.52. The van der Waals surface area contributed by atoms with E-state index in [1.807, 2.05) is 48.5 Å². The molecule has 0 spiro atoms. The zero-order chi connectivity index (χ0) is 28.1. The van der Waals surface area contributed by atoms with E-state index in [2.05, 4.69) is 57.5 Å². The minimum Gasteiger partial charge on any atom is -0.279 e. The Balaban J connectivity index is 1.10. The third kappa shape index (κ3) is 5.71. The van der Waals surface area contributed by atoms with Gasteiger partial charge in [0.05, 0.1) is 33.6 Å². The van der Waals surface area contributed by atoms with Crippen molar-refractivity contribution >= 4 is 55.2 Å². The van der Waals surface area contributed by atoms with E-state index in [1.54, 1.807) is 61.0 Å². The highest BCUT2D eigenvalue weighted by Crippen LogP contribution is 2.24. The fourth-order valence-electron chi connectivity index (χ4n) is 4.63. The lowest BCUT2D eigenvalue weighted by molar-refractivity contribution is 0.596. The summed E-state index contributed by atoms with van der Waals surface area (Å²) in [7, 11) is -3.68. The van der Waals surface area contributed by atoms with Crippen molar-refractivity contribution in [3.05, 3.63) is 145 Å². The summed E-state index contributed by atoms with van der Waals surface area (Å²) in [5, 5.41) is 13.2. The quantitative estimate of drug-likeness (QED) is 0.149. The molecule has 0 saturated heterocycles. The van der Waals surface area contributed by atoms with E-state index in [0.29, 0.717) is 11.4 Å². The van der Waals surface area contributed by atoms with Crippen molar-refractivity contribution in [2.75, 3.05) is 10.9 Å². The average Bonchev–Trinajstić information content (AvgIpc) is 3.02. The number of sulfone groups is 1. The molecule has 0 unspecified atom stereocenters. The number of fused-ring (bicyclic) bond motifs is 2. The summed E-state index contributed by atoms with van der Waals surface area (Å²) < 4.78 is 26.4. The van der Waals surface area contributed by atoms with E-state index in [1.165, 1.54) is 0 Å². The monoisotopic (exact) mass is 554 g/mol. The van der Waals surface area contributed by atoms with E-state index in [0.717, 1.165) is 32.7 Å². The highest BCUT2D eigenvalue weighted by Gasteiger charge is 2.17. The first-order valence-corrected chi connectivity index (χ1v) is 14.6. The average molecular weight is 555 g/mol. The molecule has 6 rings (SSSR count). The summed E-state index contributed by atoms with van der Waals surface area (Å²) in [5.41, 5.74) is 9.31. The molecule has 6 aromatic rings. The second-order valence-electron chi connectivity index (χ2n) is 9.43. The number of anilines is 2. The van der Waals surface area contributed by atoms with Gasteiger partial charge in [-0.1, -0.05) is 84.9 Å². The van der Waals surface area contributed by atoms with Gasteiger partial charge in [-0.2, -0.15) is 10.2 Å². The Labute approximate surface area is 238 Å². The molecule has 200 valence electrons. The zero-order valence-electron chi connectivity index (χ0n) is 22.0. The van der Waals surface area contributed by atoms with Crippen molar-refractivity contribution in [3.63, 3.8) is 0 Å². The number of rotatable bonds is 8. The van der Waals surface area contributed by atoms with Crippen molar-refractivity contribution in [3.8, 4) is 0 Å². The third-order valence-electron chi connectivity index (χ3n) is 6.77. The highest BCUT2D eigenvalue weighted by atomic mass is 32.2. The first kappa shape index (κ1) is 26.0. The van der Waals surface area contributed by atoms with Gasteiger partial charge in [0.25, 0.3) is 0 Å². The normalized spacial score (nSPS) is 11.9. The summed E-state index contributed by atoms with van der Waals surface area (Å²) in [4.78, 5) is 0.409. The van der Waals surface area contributed by atoms with Gasteiger partial charge in [0, 0.05) is 11.1 Å². The molecule has 0 radical (unpaired) electrons. The van der Waals surface area contributed by atoms with Crippen LogP contribution in [-0.4, -0.2) is 20.8 Å². The molecule has 7 heteroatoms. The fraction of sp³-hybridized carbons (Fsp3) is 0. The van der Waals surface area contributed by atoms with Crippen LogP contribution in [0.2, 0.25) is 0 Å². The predicted octanol–water partition coefficient (Wildman–Crippen LogP) is 7.72. The standard InChI is InChI=1S/C34H26N4O2S/c39-41(40,31-19-15-29(16-20-31)37-35-23-27-11-5-9-25-7-1-3-13-33(25)27)32-21-17-30(18-22-32)38-36-24-28-12-6-10-26-8-2-4-14-34(26)28/h1-24,37-38H/b35-23-,36-24+. The Morgan fingerprint density at radius 1 is 0.463 bits per heavy atom. The summed E-state index contributed by atoms with van der Waals surface area (Å²) in [5.74, 6) is 0. The number of benzene rings is 6. The van der Waals surface area contributed by atoms with Gasteiger partial charge in [-0.3, -0.25) is 10.9 Å². The third-order valence-corrected chi connectivity index (χ3v) is 8.56. The van der Waals surface area contributed by atoms with Crippen LogP contribution in [0.4, 0.5) is 11.4 Å². The molecule has 6 aromatic carbocycles. The first-order valence-electron chi connectivity index (χ1n) is 13.1. The highest BCUT2D eigenvalue weighted by molar-refractivity contribution is 7.91. The van der Waals surface area contributed by atoms with E-state index in [-0.39, 0.29) is 9.79 Å². The zero-order valence-corrected chi connectivity index (χ0v) is 22.8. The Morgan fingerprint density at radius 3 is 1.29 bits per heavy atom. The molecule has 0 fully saturated rings. The summed E-state index contributed by atoms with van der Waals surface area (Å²) >= 11 is 0. The Bertz CT molecular complexity index is 1850. The maximum absolute atomic E-state index is 13.2. The molecule has 41 heavy (non-hydrogen) atoms. The lowest BCUT2D eigenvalue weighted by Gasteiger charge is -2.07. The topological polar surface area (TPSA) is 82.9 Å². The van der Waals surface area contributed by atoms with Crippen LogP contribution >= 0.6 is 0 Å². The van der Waals surface area contributed by atoms with Crippen LogP contribution in [-0.2, 0) is 9.84 Å². The van der Waals surface area contributed by atoms with Crippen molar-refractivity contribution in [1.82, 2.24) is 0 Å². The molecule has 2 N–H and O–H groups in total. The van der Waals surface area contributed by atoms with Crippen molar-refractivity contribution < 1.29 is 8.42 Å². The van der Waals surface area contributed by atoms with Crippen LogP contribution in [0.25, 0.3) is 21.5 Å². The molecule has 6 nitrogen and oxygen atoms in total. The maximum atomic E-state index is 13.2. The Kier molecular flexibility index (Phi) is 7.26. The molecule has 0 heterocycles. The van der Waals surface area contributed by atoms with Crippen molar-refractivity contribution in [1.29, 1.82) is 0 Å². The van der Waals surface area contributed by atoms with Crippen LogP contribution in [0, 0.1) is 0 Å². The molecule has 0 aliphatic rings. The SMILES string of the molecule is O=S(=O)(c1ccc(N/N=C\c2cccc3ccccc23)cc1)c1ccc(N/N=C/c2cccc3ccccc23)cc1. The number of hydrogen-bond acceptors (Lipinski definition) is 6. The van der Waals surface area contributed by atoms with Gasteiger partial charge in [0.15, 0.2) is 0 Å². The molecule has 0 aliphatic carbocycles. The molecule has 0 saturated carbocycles. The second-order valence-corrected chi connectivity index (χ2v) is 11.4. The minimum atomic E-state index is -3.68. The van der Waals surface area contributed by atoms with Crippen LogP contribution in [0.5, 0.6) is 0 Å². The van der Waals surface area contributed by atoms with Crippen LogP contribution in [0.1, 0.15) is 11.1 Å².